The number of aromatic amines is 1. The van der Waals surface area contributed by atoms with Crippen molar-refractivity contribution in [1.29, 1.82) is 0 Å². The summed E-state index contributed by atoms with van der Waals surface area (Å²) in [6, 6.07) is 6.68. The first kappa shape index (κ1) is 25.0. The van der Waals surface area contributed by atoms with Crippen molar-refractivity contribution in [3.63, 3.8) is 0 Å². The number of carbonyl (C=O) groups is 1. The fraction of sp³-hybridized carbons (Fsp3) is 0.346. The summed E-state index contributed by atoms with van der Waals surface area (Å²) < 4.78 is 17.2. The Hall–Kier alpha value is -4.08. The summed E-state index contributed by atoms with van der Waals surface area (Å²) in [5.41, 5.74) is 0.0280. The standard InChI is InChI=1S/C26H29FN6O3/c1-14(2)13-33-22-20(25(35)31-26(33)36)18(12-19(29-22)15(3)4)24(34)30-21(23-28-9-10-32(23)5)16-7-6-8-17(27)11-16/h6-12,14-15,21H,13H2,1-5H3,(H,30,34)(H,31,35,36). The monoisotopic (exact) mass is 492 g/mol. The van der Waals surface area contributed by atoms with Crippen LogP contribution in [-0.2, 0) is 13.6 Å². The molecule has 3 aromatic heterocycles. The molecule has 0 spiro atoms. The lowest BCUT2D eigenvalue weighted by atomic mass is 10.0. The molecule has 0 fully saturated rings. The fourth-order valence-corrected chi connectivity index (χ4v) is 4.15. The van der Waals surface area contributed by atoms with Gasteiger partial charge in [-0.1, -0.05) is 39.8 Å². The molecule has 0 aliphatic heterocycles. The van der Waals surface area contributed by atoms with E-state index in [2.05, 4.69) is 20.3 Å². The van der Waals surface area contributed by atoms with Gasteiger partial charge >= 0.3 is 5.69 Å². The molecule has 0 saturated heterocycles. The van der Waals surface area contributed by atoms with E-state index in [1.54, 1.807) is 42.2 Å². The highest BCUT2D eigenvalue weighted by Gasteiger charge is 2.26. The number of imidazole rings is 1. The molecule has 36 heavy (non-hydrogen) atoms. The highest BCUT2D eigenvalue weighted by Crippen LogP contribution is 2.24. The normalized spacial score (nSPS) is 12.4. The summed E-state index contributed by atoms with van der Waals surface area (Å²) in [6.45, 7) is 8.04. The molecule has 4 aromatic rings. The highest BCUT2D eigenvalue weighted by molar-refractivity contribution is 6.05. The Morgan fingerprint density at radius 2 is 1.92 bits per heavy atom. The second kappa shape index (κ2) is 9.88. The molecular weight excluding hydrogens is 463 g/mol. The molecule has 1 amide bonds. The van der Waals surface area contributed by atoms with Crippen LogP contribution in [0.3, 0.4) is 0 Å². The molecule has 1 aromatic carbocycles. The fourth-order valence-electron chi connectivity index (χ4n) is 4.15. The van der Waals surface area contributed by atoms with Crippen molar-refractivity contribution in [3.05, 3.63) is 92.0 Å². The molecule has 0 aliphatic rings. The zero-order valence-electron chi connectivity index (χ0n) is 20.9. The number of H-pyrrole nitrogens is 1. The van der Waals surface area contributed by atoms with E-state index in [0.717, 1.165) is 0 Å². The van der Waals surface area contributed by atoms with E-state index >= 15 is 0 Å². The second-order valence-corrected chi connectivity index (χ2v) is 9.57. The first-order valence-corrected chi connectivity index (χ1v) is 11.8. The maximum Gasteiger partial charge on any atom is 0.330 e. The van der Waals surface area contributed by atoms with Crippen molar-refractivity contribution in [2.75, 3.05) is 0 Å². The van der Waals surface area contributed by atoms with Crippen LogP contribution in [0.4, 0.5) is 4.39 Å². The molecule has 10 heteroatoms. The van der Waals surface area contributed by atoms with Gasteiger partial charge in [-0.2, -0.15) is 0 Å². The summed E-state index contributed by atoms with van der Waals surface area (Å²) in [6.07, 6.45) is 3.31. The molecule has 188 valence electrons. The van der Waals surface area contributed by atoms with Crippen molar-refractivity contribution < 1.29 is 9.18 Å². The first-order chi connectivity index (χ1) is 17.1. The number of aryl methyl sites for hydroxylation is 1. The first-order valence-electron chi connectivity index (χ1n) is 11.8. The Balaban J connectivity index is 1.92. The number of fused-ring (bicyclic) bond motifs is 1. The molecule has 1 atom stereocenters. The Kier molecular flexibility index (Phi) is 6.87. The van der Waals surface area contributed by atoms with Gasteiger partial charge in [-0.3, -0.25) is 19.1 Å². The SMILES string of the molecule is CC(C)Cn1c(=O)[nH]c(=O)c2c(C(=O)NC(c3cccc(F)c3)c3nccn3C)cc(C(C)C)nc21. The Labute approximate surface area is 207 Å². The van der Waals surface area contributed by atoms with Crippen LogP contribution in [0.5, 0.6) is 0 Å². The molecule has 0 radical (unpaired) electrons. The minimum Gasteiger partial charge on any atom is -0.338 e. The third-order valence-corrected chi connectivity index (χ3v) is 5.93. The number of hydrogen-bond donors (Lipinski definition) is 2. The van der Waals surface area contributed by atoms with Crippen molar-refractivity contribution in [1.82, 2.24) is 29.4 Å². The van der Waals surface area contributed by atoms with Gasteiger partial charge in [0.1, 0.15) is 17.7 Å². The lowest BCUT2D eigenvalue weighted by molar-refractivity contribution is 0.0942. The Bertz CT molecular complexity index is 1550. The van der Waals surface area contributed by atoms with E-state index in [0.29, 0.717) is 23.6 Å². The Morgan fingerprint density at radius 3 is 2.53 bits per heavy atom. The summed E-state index contributed by atoms with van der Waals surface area (Å²) in [7, 11) is 1.77. The van der Waals surface area contributed by atoms with E-state index < -0.39 is 29.0 Å². The van der Waals surface area contributed by atoms with Crippen LogP contribution < -0.4 is 16.6 Å². The minimum absolute atomic E-state index is 0.0231. The zero-order valence-corrected chi connectivity index (χ0v) is 20.9. The van der Waals surface area contributed by atoms with Gasteiger partial charge in [-0.05, 0) is 35.6 Å². The van der Waals surface area contributed by atoms with E-state index in [-0.39, 0.29) is 28.4 Å². The molecular formula is C26H29FN6O3. The van der Waals surface area contributed by atoms with Gasteiger partial charge in [0.25, 0.3) is 11.5 Å². The van der Waals surface area contributed by atoms with Crippen LogP contribution >= 0.6 is 0 Å². The third-order valence-electron chi connectivity index (χ3n) is 5.93. The van der Waals surface area contributed by atoms with Crippen molar-refractivity contribution in [2.24, 2.45) is 13.0 Å². The molecule has 0 saturated carbocycles. The molecule has 0 bridgehead atoms. The average Bonchev–Trinajstić information content (AvgIpc) is 3.24. The van der Waals surface area contributed by atoms with Crippen LogP contribution in [0.2, 0.25) is 0 Å². The van der Waals surface area contributed by atoms with Crippen LogP contribution in [0.1, 0.15) is 67.1 Å². The number of hydrogen-bond acceptors (Lipinski definition) is 5. The van der Waals surface area contributed by atoms with Gasteiger partial charge in [-0.15, -0.1) is 0 Å². The van der Waals surface area contributed by atoms with Gasteiger partial charge in [0.15, 0.2) is 5.65 Å². The van der Waals surface area contributed by atoms with Crippen LogP contribution in [0, 0.1) is 11.7 Å². The molecule has 0 aliphatic carbocycles. The van der Waals surface area contributed by atoms with E-state index in [4.69, 9.17) is 0 Å². The summed E-state index contributed by atoms with van der Waals surface area (Å²) in [4.78, 5) is 50.7. The number of pyridine rings is 1. The molecule has 4 rings (SSSR count). The van der Waals surface area contributed by atoms with E-state index in [9.17, 15) is 18.8 Å². The van der Waals surface area contributed by atoms with E-state index in [1.807, 2.05) is 27.7 Å². The lowest BCUT2D eigenvalue weighted by Crippen LogP contribution is -2.35. The zero-order chi connectivity index (χ0) is 26.1. The Morgan fingerprint density at radius 1 is 1.17 bits per heavy atom. The number of amides is 1. The number of nitrogens with one attached hydrogen (secondary N) is 2. The smallest absolute Gasteiger partial charge is 0.330 e. The summed E-state index contributed by atoms with van der Waals surface area (Å²) >= 11 is 0. The lowest BCUT2D eigenvalue weighted by Gasteiger charge is -2.21. The maximum atomic E-state index is 14.1. The number of nitrogens with zero attached hydrogens (tertiary/aromatic N) is 4. The number of benzene rings is 1. The topological polar surface area (TPSA) is 115 Å². The maximum absolute atomic E-state index is 14.1. The molecule has 2 N–H and O–H groups in total. The van der Waals surface area contributed by atoms with Crippen LogP contribution in [0.15, 0.2) is 52.3 Å². The van der Waals surface area contributed by atoms with Crippen LogP contribution in [0.25, 0.3) is 11.0 Å². The summed E-state index contributed by atoms with van der Waals surface area (Å²) in [5.74, 6) is -0.508. The van der Waals surface area contributed by atoms with E-state index in [1.165, 1.54) is 16.7 Å². The summed E-state index contributed by atoms with van der Waals surface area (Å²) in [5, 5.41) is 2.95. The quantitative estimate of drug-likeness (QED) is 0.411. The predicted molar refractivity (Wildman–Crippen MR) is 134 cm³/mol. The minimum atomic E-state index is -0.792. The highest BCUT2D eigenvalue weighted by atomic mass is 19.1. The van der Waals surface area contributed by atoms with Gasteiger partial charge in [0, 0.05) is 31.7 Å². The number of halogens is 1. The van der Waals surface area contributed by atoms with Crippen LogP contribution in [-0.4, -0.2) is 30.0 Å². The third kappa shape index (κ3) is 4.84. The average molecular weight is 493 g/mol. The predicted octanol–water partition coefficient (Wildman–Crippen LogP) is 3.26. The molecule has 9 nitrogen and oxygen atoms in total. The van der Waals surface area contributed by atoms with Crippen molar-refractivity contribution in [3.8, 4) is 0 Å². The van der Waals surface area contributed by atoms with Gasteiger partial charge in [-0.25, -0.2) is 19.2 Å². The molecule has 1 unspecified atom stereocenters. The van der Waals surface area contributed by atoms with Gasteiger partial charge < -0.3 is 9.88 Å². The van der Waals surface area contributed by atoms with Crippen molar-refractivity contribution in [2.45, 2.75) is 46.2 Å². The number of rotatable bonds is 7. The van der Waals surface area contributed by atoms with Crippen molar-refractivity contribution >= 4 is 16.9 Å². The number of aromatic nitrogens is 5. The van der Waals surface area contributed by atoms with Gasteiger partial charge in [0.2, 0.25) is 0 Å². The van der Waals surface area contributed by atoms with Gasteiger partial charge in [0.05, 0.1) is 10.9 Å². The number of carbonyl (C=O) groups excluding carboxylic acids is 1. The largest absolute Gasteiger partial charge is 0.338 e. The molecule has 3 heterocycles. The second-order valence-electron chi connectivity index (χ2n) is 9.57.